The first-order valence-corrected chi connectivity index (χ1v) is 36.2. The predicted molar refractivity (Wildman–Crippen MR) is 384 cm³/mol. The first kappa shape index (κ1) is 92.7. The topological polar surface area (TPSA) is 618 Å². The number of unbranched alkanes of at least 4 members (excludes halogenated alkanes) is 3. The van der Waals surface area contributed by atoms with Gasteiger partial charge < -0.3 is 109 Å². The van der Waals surface area contributed by atoms with Gasteiger partial charge in [-0.1, -0.05) is 74.1 Å². The minimum Gasteiger partial charge on any atom is -0.481 e. The van der Waals surface area contributed by atoms with Crippen molar-refractivity contribution in [1.29, 1.82) is 0 Å². The molecule has 0 radical (unpaired) electrons. The smallest absolute Gasteiger partial charge is 0.303 e. The van der Waals surface area contributed by atoms with Crippen molar-refractivity contribution in [2.45, 2.75) is 276 Å². The van der Waals surface area contributed by atoms with Crippen molar-refractivity contribution >= 4 is 101 Å². The SMILES string of the molecule is CCCC[C@H](NC(=O)[C@H](CC(C)C)NC(=O)[C@H](CCCCN)NC(=O)[C@H](CCCN=C(N)N)NC(=O)[C@H](CC(N)=O)NC(=O)[C@@H]1CCCCNC(=O)CC[C@H](NC(C)=O)C(=O)N[C@@H](C)C(=O)N[C@@H](CCCCN)C(=O)N1)C(=O)N[C@@H](CCC(=O)O)C(=O)N[C@H](C(=O)N[C@H](C(N)=O)[C@@H](C)CC)[C@@H](C)CC. The Morgan fingerprint density at radius 2 is 1.07 bits per heavy atom. The van der Waals surface area contributed by atoms with E-state index < -0.39 is 192 Å². The molecule has 26 N–H and O–H groups in total. The van der Waals surface area contributed by atoms with E-state index in [-0.39, 0.29) is 121 Å². The summed E-state index contributed by atoms with van der Waals surface area (Å²) in [6, 6.07) is -16.9. The van der Waals surface area contributed by atoms with Gasteiger partial charge in [0.05, 0.1) is 6.42 Å². The molecule has 0 bridgehead atoms. The Morgan fingerprint density at radius 3 is 1.59 bits per heavy atom. The van der Waals surface area contributed by atoms with Gasteiger partial charge >= 0.3 is 5.97 Å². The summed E-state index contributed by atoms with van der Waals surface area (Å²) in [5.74, 6) is -15.7. The lowest BCUT2D eigenvalue weighted by molar-refractivity contribution is -0.139. The third kappa shape index (κ3) is 36.7. The van der Waals surface area contributed by atoms with E-state index in [0.29, 0.717) is 44.9 Å². The average Bonchev–Trinajstić information content (AvgIpc) is 0.859. The molecule has 104 heavy (non-hydrogen) atoms. The molecule has 37 heteroatoms. The fourth-order valence-electron chi connectivity index (χ4n) is 11.0. The van der Waals surface area contributed by atoms with Gasteiger partial charge in [0.15, 0.2) is 5.96 Å². The Morgan fingerprint density at radius 1 is 0.558 bits per heavy atom. The zero-order valence-corrected chi connectivity index (χ0v) is 61.9. The molecular weight excluding hydrogens is 1360 g/mol. The van der Waals surface area contributed by atoms with Crippen LogP contribution < -0.4 is 104 Å². The van der Waals surface area contributed by atoms with Crippen LogP contribution in [0.25, 0.3) is 0 Å². The van der Waals surface area contributed by atoms with Gasteiger partial charge in [0.25, 0.3) is 0 Å². The second kappa shape index (κ2) is 50.2. The molecular formula is C67H120N20O17. The fourth-order valence-corrected chi connectivity index (χ4v) is 11.0. The van der Waals surface area contributed by atoms with E-state index in [0.717, 1.165) is 0 Å². The Labute approximate surface area is 608 Å². The number of aliphatic imine (C=N–C) groups is 1. The molecule has 590 valence electrons. The number of guanidine groups is 1. The maximum Gasteiger partial charge on any atom is 0.303 e. The van der Waals surface area contributed by atoms with Gasteiger partial charge in [-0.05, 0) is 134 Å². The second-order valence-electron chi connectivity index (χ2n) is 26.9. The number of rotatable bonds is 44. The summed E-state index contributed by atoms with van der Waals surface area (Å²) in [5.41, 5.74) is 34.0. The van der Waals surface area contributed by atoms with Crippen LogP contribution in [-0.2, 0) is 76.7 Å². The summed E-state index contributed by atoms with van der Waals surface area (Å²) < 4.78 is 0. The van der Waals surface area contributed by atoms with E-state index >= 15 is 0 Å². The zero-order valence-electron chi connectivity index (χ0n) is 61.9. The number of carboxylic acid groups (broad SMARTS) is 1. The highest BCUT2D eigenvalue weighted by molar-refractivity contribution is 6.00. The molecule has 0 aromatic heterocycles. The summed E-state index contributed by atoms with van der Waals surface area (Å²) >= 11 is 0. The number of nitrogens with one attached hydrogen (secondary N) is 13. The Bertz CT molecular complexity index is 2900. The van der Waals surface area contributed by atoms with Gasteiger partial charge in [0, 0.05) is 32.9 Å². The molecule has 1 aliphatic heterocycles. The molecule has 0 saturated carbocycles. The average molecular weight is 1480 g/mol. The molecule has 1 fully saturated rings. The highest BCUT2D eigenvalue weighted by atomic mass is 16.4. The molecule has 14 atom stereocenters. The number of carbonyl (C=O) groups is 16. The van der Waals surface area contributed by atoms with E-state index in [1.807, 2.05) is 6.92 Å². The van der Waals surface area contributed by atoms with Crippen molar-refractivity contribution in [3.63, 3.8) is 0 Å². The maximum atomic E-state index is 14.7. The number of primary amides is 2. The molecule has 15 amide bonds. The molecule has 0 spiro atoms. The van der Waals surface area contributed by atoms with Crippen LogP contribution in [-0.4, -0.2) is 204 Å². The van der Waals surface area contributed by atoms with Crippen LogP contribution in [0.5, 0.6) is 0 Å². The van der Waals surface area contributed by atoms with Crippen molar-refractivity contribution in [2.75, 3.05) is 26.2 Å². The highest BCUT2D eigenvalue weighted by Gasteiger charge is 2.38. The summed E-state index contributed by atoms with van der Waals surface area (Å²) in [6.07, 6.45) is 0.652. The van der Waals surface area contributed by atoms with Crippen LogP contribution in [0.15, 0.2) is 4.99 Å². The number of hydrogen-bond donors (Lipinski definition) is 20. The van der Waals surface area contributed by atoms with Gasteiger partial charge in [-0.25, -0.2) is 0 Å². The highest BCUT2D eigenvalue weighted by Crippen LogP contribution is 2.16. The second-order valence-corrected chi connectivity index (χ2v) is 26.9. The Hall–Kier alpha value is -9.29. The normalized spacial score (nSPS) is 19.0. The van der Waals surface area contributed by atoms with E-state index in [2.05, 4.69) is 74.1 Å². The summed E-state index contributed by atoms with van der Waals surface area (Å²) in [7, 11) is 0. The molecule has 0 unspecified atom stereocenters. The van der Waals surface area contributed by atoms with Crippen molar-refractivity contribution in [2.24, 2.45) is 57.1 Å². The van der Waals surface area contributed by atoms with Gasteiger partial charge in [-0.2, -0.15) is 0 Å². The molecule has 0 aliphatic carbocycles. The molecule has 37 nitrogen and oxygen atoms in total. The van der Waals surface area contributed by atoms with Crippen LogP contribution in [0.1, 0.15) is 204 Å². The third-order valence-corrected chi connectivity index (χ3v) is 17.5. The third-order valence-electron chi connectivity index (χ3n) is 17.5. The maximum absolute atomic E-state index is 14.7. The van der Waals surface area contributed by atoms with E-state index in [9.17, 15) is 81.8 Å². The van der Waals surface area contributed by atoms with E-state index in [4.69, 9.17) is 34.4 Å². The first-order valence-electron chi connectivity index (χ1n) is 36.2. The predicted octanol–water partition coefficient (Wildman–Crippen LogP) is -4.21. The Balaban J connectivity index is 3.80. The first-order chi connectivity index (χ1) is 49.0. The van der Waals surface area contributed by atoms with E-state index in [1.54, 1.807) is 41.5 Å². The molecule has 1 heterocycles. The fraction of sp³-hybridized carbons (Fsp3) is 0.746. The van der Waals surface area contributed by atoms with Gasteiger partial charge in [-0.15, -0.1) is 0 Å². The van der Waals surface area contributed by atoms with Crippen LogP contribution in [0.4, 0.5) is 0 Å². The molecule has 1 aliphatic rings. The van der Waals surface area contributed by atoms with Crippen LogP contribution in [0.3, 0.4) is 0 Å². The molecule has 1 rings (SSSR count). The van der Waals surface area contributed by atoms with Gasteiger partial charge in [0.2, 0.25) is 88.6 Å². The monoisotopic (exact) mass is 1480 g/mol. The number of carboxylic acids is 1. The van der Waals surface area contributed by atoms with Gasteiger partial charge in [0.1, 0.15) is 72.5 Å². The zero-order chi connectivity index (χ0) is 78.8. The number of nitrogens with two attached hydrogens (primary N) is 6. The minimum atomic E-state index is -1.84. The minimum absolute atomic E-state index is 0.00513. The van der Waals surface area contributed by atoms with Crippen LogP contribution in [0, 0.1) is 17.8 Å². The van der Waals surface area contributed by atoms with Crippen LogP contribution in [0.2, 0.25) is 0 Å². The van der Waals surface area contributed by atoms with Gasteiger partial charge in [-0.3, -0.25) is 81.7 Å². The van der Waals surface area contributed by atoms with Crippen molar-refractivity contribution < 1.29 is 81.8 Å². The number of aliphatic carboxylic acids is 1. The molecule has 0 aromatic carbocycles. The lowest BCUT2D eigenvalue weighted by Gasteiger charge is -2.30. The number of carbonyl (C=O) groups excluding carboxylic acids is 15. The molecule has 0 aromatic rings. The van der Waals surface area contributed by atoms with Crippen molar-refractivity contribution in [3.05, 3.63) is 0 Å². The lowest BCUT2D eigenvalue weighted by Crippen LogP contribution is -2.61. The lowest BCUT2D eigenvalue weighted by atomic mass is 9.94. The quantitative estimate of drug-likeness (QED) is 0.0156. The largest absolute Gasteiger partial charge is 0.481 e. The van der Waals surface area contributed by atoms with Crippen LogP contribution >= 0.6 is 0 Å². The standard InChI is InChI=1S/C67H120N20O17/c1-10-13-21-41(58(96)83-47(27-29-52(91)92)63(101)87-54(38(7)12-3)66(104)86-53(55(71)93)37(6)11-2)81-64(102)48(34-36(4)5)84-61(99)43(23-15-18-31-69)79-60(98)45(25-20-33-75-67(72)73)82-65(103)49(35-50(70)89)85-62(100)44-24-16-19-32-74-51(90)28-26-46(77-40(9)88)57(95)76-39(8)56(94)78-42(59(97)80-44)22-14-17-30-68/h36-39,41-49,53-54H,10-35,68-69H2,1-9H3,(H2,70,89)(H2,71,93)(H,74,90)(H,76,95)(H,77,88)(H,78,94)(H,79,98)(H,80,97)(H,81,102)(H,82,103)(H,83,96)(H,84,99)(H,85,100)(H,86,104)(H,87,101)(H,91,92)(H4,72,73,75)/t37-,38-,39-,41-,42-,43-,44-,45-,46-,47-,48-,49-,53-,54-/m0/s1. The molecule has 1 saturated heterocycles. The summed E-state index contributed by atoms with van der Waals surface area (Å²) in [5, 5.41) is 43.4. The van der Waals surface area contributed by atoms with E-state index in [1.165, 1.54) is 13.8 Å². The summed E-state index contributed by atoms with van der Waals surface area (Å²) in [6.45, 7) is 15.1. The number of nitrogens with zero attached hydrogens (tertiary/aromatic N) is 1. The van der Waals surface area contributed by atoms with Crippen molar-refractivity contribution in [3.8, 4) is 0 Å². The Kier molecular flexibility index (Phi) is 44.7. The number of hydrogen-bond acceptors (Lipinski definition) is 19. The summed E-state index contributed by atoms with van der Waals surface area (Å²) in [4.78, 5) is 222. The number of amides is 15. The van der Waals surface area contributed by atoms with Crippen molar-refractivity contribution in [1.82, 2.24) is 69.1 Å².